The molecule has 6 rings (SSSR count). The molecule has 0 saturated carbocycles. The van der Waals surface area contributed by atoms with Gasteiger partial charge in [-0.2, -0.15) is 13.2 Å². The highest BCUT2D eigenvalue weighted by Gasteiger charge is 2.38. The van der Waals surface area contributed by atoms with Crippen LogP contribution in [0.25, 0.3) is 0 Å². The molecule has 0 radical (unpaired) electrons. The average molecular weight is 882 g/mol. The molecule has 4 aliphatic rings. The van der Waals surface area contributed by atoms with Gasteiger partial charge in [0.15, 0.2) is 6.10 Å². The highest BCUT2D eigenvalue weighted by molar-refractivity contribution is 8.93. The molecule has 0 bridgehead atoms. The number of alkyl halides is 3. The van der Waals surface area contributed by atoms with Crippen LogP contribution in [0.1, 0.15) is 42.4 Å². The monoisotopic (exact) mass is 879 g/mol. The summed E-state index contributed by atoms with van der Waals surface area (Å²) < 4.78 is 47.3. The van der Waals surface area contributed by atoms with Crippen LogP contribution in [0.15, 0.2) is 36.4 Å². The molecule has 4 aliphatic heterocycles. The Hall–Kier alpha value is -2.79. The zero-order valence-electron chi connectivity index (χ0n) is 29.1. The van der Waals surface area contributed by atoms with Crippen molar-refractivity contribution in [3.8, 4) is 0 Å². The van der Waals surface area contributed by atoms with Crippen LogP contribution >= 0.6 is 45.6 Å². The zero-order chi connectivity index (χ0) is 35.6. The van der Waals surface area contributed by atoms with Crippen molar-refractivity contribution in [1.29, 1.82) is 0 Å². The van der Waals surface area contributed by atoms with Gasteiger partial charge in [-0.15, -0.1) is 34.0 Å². The minimum absolute atomic E-state index is 0. The third-order valence-electron chi connectivity index (χ3n) is 10.6. The lowest BCUT2D eigenvalue weighted by Gasteiger charge is -2.42. The van der Waals surface area contributed by atoms with E-state index in [1.165, 1.54) is 11.0 Å². The van der Waals surface area contributed by atoms with Gasteiger partial charge in [0, 0.05) is 83.1 Å². The van der Waals surface area contributed by atoms with Gasteiger partial charge < -0.3 is 35.4 Å². The van der Waals surface area contributed by atoms with E-state index in [-0.39, 0.29) is 63.0 Å². The summed E-state index contributed by atoms with van der Waals surface area (Å²) in [4.78, 5) is 50.3. The lowest BCUT2D eigenvalue weighted by Crippen LogP contribution is -2.54. The summed E-state index contributed by atoms with van der Waals surface area (Å²) in [7, 11) is 2.10. The van der Waals surface area contributed by atoms with Crippen LogP contribution in [0.4, 0.5) is 34.1 Å². The standard InChI is InChI=1S/C35H45ClF3N7O4.2BrH/c1-42-16-18-43(19-17-42)25-7-11-44(12-8-25)32(47)30(22-23-20-27(35(37,38)39)31(40)28(36)21-23)50-34(49)45-13-9-26(10-14-45)46-15-6-24-4-2-3-5-29(24)41-33(46)48;;/h2-5,20-21,25-26,30H,6-19,22,40H2,1H3,(H,41,48);2*1H. The predicted octanol–water partition coefficient (Wildman–Crippen LogP) is 5.94. The molecule has 3 N–H and O–H groups in total. The maximum Gasteiger partial charge on any atom is 0.418 e. The van der Waals surface area contributed by atoms with Gasteiger partial charge in [-0.05, 0) is 68.5 Å². The van der Waals surface area contributed by atoms with Gasteiger partial charge in [0.2, 0.25) is 0 Å². The number of amides is 4. The summed E-state index contributed by atoms with van der Waals surface area (Å²) in [6.45, 7) is 5.93. The minimum atomic E-state index is -4.76. The van der Waals surface area contributed by atoms with Crippen molar-refractivity contribution in [3.63, 3.8) is 0 Å². The summed E-state index contributed by atoms with van der Waals surface area (Å²) in [5, 5.41) is 2.70. The highest BCUT2D eigenvalue weighted by Crippen LogP contribution is 2.38. The van der Waals surface area contributed by atoms with Crippen LogP contribution in [0.3, 0.4) is 0 Å². The Labute approximate surface area is 328 Å². The van der Waals surface area contributed by atoms with Gasteiger partial charge in [-0.25, -0.2) is 9.59 Å². The number of piperidine rings is 2. The maximum atomic E-state index is 14.0. The third kappa shape index (κ3) is 9.84. The van der Waals surface area contributed by atoms with Gasteiger partial charge in [0.25, 0.3) is 5.91 Å². The van der Waals surface area contributed by atoms with E-state index in [1.807, 2.05) is 29.2 Å². The summed E-state index contributed by atoms with van der Waals surface area (Å²) >= 11 is 6.11. The van der Waals surface area contributed by atoms with Gasteiger partial charge >= 0.3 is 18.3 Å². The number of fused-ring (bicyclic) bond motifs is 1. The SMILES string of the molecule is Br.Br.CN1CCN(C2CCN(C(=O)C(Cc3cc(Cl)c(N)c(C(F)(F)F)c3)OC(=O)N3CCC(N4CCc5ccccc5NC4=O)CC3)CC2)CC1. The number of benzene rings is 2. The summed E-state index contributed by atoms with van der Waals surface area (Å²) in [5.41, 5.74) is 5.90. The van der Waals surface area contributed by atoms with Crippen LogP contribution in [0.2, 0.25) is 5.02 Å². The van der Waals surface area contributed by atoms with Crippen LogP contribution in [-0.2, 0) is 28.5 Å². The van der Waals surface area contributed by atoms with E-state index >= 15 is 0 Å². The first kappa shape index (κ1) is 42.0. The Balaban J connectivity index is 0.00000302. The number of carbonyl (C=O) groups excluding carboxylic acids is 3. The maximum absolute atomic E-state index is 14.0. The summed E-state index contributed by atoms with van der Waals surface area (Å²) in [5.74, 6) is -0.452. The van der Waals surface area contributed by atoms with E-state index in [0.29, 0.717) is 58.0 Å². The van der Waals surface area contributed by atoms with E-state index in [2.05, 4.69) is 22.2 Å². The number of likely N-dealkylation sites (tertiary alicyclic amines) is 2. The Kier molecular flexibility index (Phi) is 14.5. The summed E-state index contributed by atoms with van der Waals surface area (Å²) in [6, 6.07) is 9.91. The second kappa shape index (κ2) is 18.0. The fourth-order valence-corrected chi connectivity index (χ4v) is 7.80. The number of rotatable bonds is 6. The molecule has 3 saturated heterocycles. The number of carbonyl (C=O) groups is 3. The van der Waals surface area contributed by atoms with E-state index < -0.39 is 35.5 Å². The van der Waals surface area contributed by atoms with Crippen molar-refractivity contribution >= 4 is 75.0 Å². The molecular formula is C35H47Br2ClF3N7O4. The van der Waals surface area contributed by atoms with Crippen molar-refractivity contribution in [2.45, 2.75) is 62.9 Å². The van der Waals surface area contributed by atoms with Crippen molar-refractivity contribution in [3.05, 3.63) is 58.1 Å². The first-order valence-electron chi connectivity index (χ1n) is 17.3. The topological polar surface area (TPSA) is 115 Å². The minimum Gasteiger partial charge on any atom is -0.436 e. The van der Waals surface area contributed by atoms with E-state index in [9.17, 15) is 27.6 Å². The van der Waals surface area contributed by atoms with E-state index in [4.69, 9.17) is 22.1 Å². The second-order valence-electron chi connectivity index (χ2n) is 13.8. The number of nitrogen functional groups attached to an aromatic ring is 1. The number of urea groups is 1. The Morgan fingerprint density at radius 2 is 1.54 bits per heavy atom. The third-order valence-corrected chi connectivity index (χ3v) is 10.9. The van der Waals surface area contributed by atoms with Gasteiger partial charge in [-0.1, -0.05) is 29.8 Å². The van der Waals surface area contributed by atoms with Gasteiger partial charge in [0.1, 0.15) is 0 Å². The molecule has 4 heterocycles. The van der Waals surface area contributed by atoms with E-state index in [1.54, 1.807) is 4.90 Å². The Bertz CT molecular complexity index is 1570. The quantitative estimate of drug-likeness (QED) is 0.346. The molecule has 52 heavy (non-hydrogen) atoms. The van der Waals surface area contributed by atoms with E-state index in [0.717, 1.165) is 56.3 Å². The number of para-hydroxylation sites is 1. The molecule has 0 aromatic heterocycles. The van der Waals surface area contributed by atoms with Crippen LogP contribution < -0.4 is 11.1 Å². The molecule has 11 nitrogen and oxygen atoms in total. The van der Waals surface area contributed by atoms with Gasteiger partial charge in [-0.3, -0.25) is 9.69 Å². The van der Waals surface area contributed by atoms with Crippen LogP contribution in [0, 0.1) is 0 Å². The lowest BCUT2D eigenvalue weighted by atomic mass is 9.99. The molecule has 1 atom stereocenters. The van der Waals surface area contributed by atoms with Crippen LogP contribution in [0.5, 0.6) is 0 Å². The van der Waals surface area contributed by atoms with Crippen molar-refractivity contribution in [2.75, 3.05) is 77.0 Å². The smallest absolute Gasteiger partial charge is 0.418 e. The first-order valence-corrected chi connectivity index (χ1v) is 17.7. The summed E-state index contributed by atoms with van der Waals surface area (Å²) in [6.07, 6.45) is -3.90. The van der Waals surface area contributed by atoms with Crippen LogP contribution in [-0.4, -0.2) is 127 Å². The molecule has 1 unspecified atom stereocenters. The van der Waals surface area contributed by atoms with Gasteiger partial charge in [0.05, 0.1) is 16.3 Å². The number of anilines is 2. The number of piperazine rings is 1. The molecular weight excluding hydrogens is 835 g/mol. The number of likely N-dealkylation sites (N-methyl/N-ethyl adjacent to an activating group) is 1. The first-order chi connectivity index (χ1) is 23.9. The fourth-order valence-electron chi connectivity index (χ4n) is 7.56. The number of ether oxygens (including phenoxy) is 1. The predicted molar refractivity (Wildman–Crippen MR) is 205 cm³/mol. The molecule has 288 valence electrons. The number of nitrogens with zero attached hydrogens (tertiary/aromatic N) is 5. The van der Waals surface area contributed by atoms with Crippen molar-refractivity contribution < 1.29 is 32.3 Å². The largest absolute Gasteiger partial charge is 0.436 e. The molecule has 3 fully saturated rings. The normalized spacial score (nSPS) is 20.2. The second-order valence-corrected chi connectivity index (χ2v) is 14.2. The highest BCUT2D eigenvalue weighted by atomic mass is 79.9. The fraction of sp³-hybridized carbons (Fsp3) is 0.571. The molecule has 2 aromatic rings. The van der Waals surface area contributed by atoms with Crippen molar-refractivity contribution in [1.82, 2.24) is 24.5 Å². The number of nitrogens with one attached hydrogen (secondary N) is 1. The number of hydrogen-bond donors (Lipinski definition) is 2. The Morgan fingerprint density at radius 1 is 0.923 bits per heavy atom. The molecule has 0 aliphatic carbocycles. The molecule has 0 spiro atoms. The number of nitrogens with two attached hydrogens (primary N) is 1. The molecule has 4 amide bonds. The average Bonchev–Trinajstić information content (AvgIpc) is 3.27. The number of halogens is 6. The lowest BCUT2D eigenvalue weighted by molar-refractivity contribution is -0.142. The Morgan fingerprint density at radius 3 is 2.19 bits per heavy atom. The molecule has 2 aromatic carbocycles. The number of hydrogen-bond acceptors (Lipinski definition) is 7. The van der Waals surface area contributed by atoms with Crippen molar-refractivity contribution in [2.24, 2.45) is 0 Å². The zero-order valence-corrected chi connectivity index (χ0v) is 33.3. The molecule has 17 heteroatoms.